The quantitative estimate of drug-likeness (QED) is 0.653. The minimum Gasteiger partial charge on any atom is -0.466 e. The van der Waals surface area contributed by atoms with Gasteiger partial charge in [0.25, 0.3) is 11.8 Å². The first-order valence-electron chi connectivity index (χ1n) is 8.09. The van der Waals surface area contributed by atoms with Gasteiger partial charge in [-0.2, -0.15) is 13.2 Å². The molecular weight excluding hydrogens is 377 g/mol. The zero-order valence-electron chi connectivity index (χ0n) is 14.8. The number of aryl methyl sites for hydroxylation is 2. The number of benzene rings is 1. The highest BCUT2D eigenvalue weighted by Gasteiger charge is 2.34. The van der Waals surface area contributed by atoms with E-state index in [-0.39, 0.29) is 17.0 Å². The molecule has 0 aliphatic carbocycles. The Bertz CT molecular complexity index is 1020. The van der Waals surface area contributed by atoms with Gasteiger partial charge in [0.15, 0.2) is 5.76 Å². The SMILES string of the molecule is Cc1cc(C(=O)Nc2ccc(NC(=O)c3ccco3)cc2C(F)(F)F)c(C)o1. The van der Waals surface area contributed by atoms with Crippen LogP contribution >= 0.6 is 0 Å². The number of nitrogens with one attached hydrogen (secondary N) is 2. The topological polar surface area (TPSA) is 84.5 Å². The first kappa shape index (κ1) is 19.3. The van der Waals surface area contributed by atoms with Crippen LogP contribution in [0.1, 0.15) is 38.0 Å². The van der Waals surface area contributed by atoms with E-state index in [0.29, 0.717) is 11.5 Å². The van der Waals surface area contributed by atoms with E-state index in [1.165, 1.54) is 30.5 Å². The number of hydrogen-bond donors (Lipinski definition) is 2. The molecule has 0 unspecified atom stereocenters. The van der Waals surface area contributed by atoms with Crippen molar-refractivity contribution in [2.75, 3.05) is 10.6 Å². The van der Waals surface area contributed by atoms with Gasteiger partial charge in [0, 0.05) is 5.69 Å². The largest absolute Gasteiger partial charge is 0.466 e. The third-order valence-corrected chi connectivity index (χ3v) is 3.86. The van der Waals surface area contributed by atoms with Crippen molar-refractivity contribution >= 4 is 23.2 Å². The highest BCUT2D eigenvalue weighted by atomic mass is 19.4. The van der Waals surface area contributed by atoms with Crippen LogP contribution in [0.25, 0.3) is 0 Å². The molecule has 2 heterocycles. The van der Waals surface area contributed by atoms with Gasteiger partial charge in [0.1, 0.15) is 11.5 Å². The van der Waals surface area contributed by atoms with E-state index in [9.17, 15) is 22.8 Å². The molecule has 0 aliphatic rings. The second kappa shape index (κ2) is 7.26. The Kier molecular flexibility index (Phi) is 5.00. The molecule has 0 saturated heterocycles. The van der Waals surface area contributed by atoms with E-state index in [2.05, 4.69) is 10.6 Å². The van der Waals surface area contributed by atoms with Gasteiger partial charge in [-0.3, -0.25) is 9.59 Å². The molecule has 9 heteroatoms. The molecule has 2 aromatic heterocycles. The Morgan fingerprint density at radius 1 is 1.00 bits per heavy atom. The average molecular weight is 392 g/mol. The standard InChI is InChI=1S/C19H15F3N2O4/c1-10-8-13(11(2)28-10)17(25)24-15-6-5-12(9-14(15)19(20,21)22)23-18(26)16-4-3-7-27-16/h3-9H,1-2H3,(H,23,26)(H,24,25). The predicted octanol–water partition coefficient (Wildman–Crippen LogP) is 5.01. The van der Waals surface area contributed by atoms with Crippen molar-refractivity contribution in [3.8, 4) is 0 Å². The molecule has 0 saturated carbocycles. The zero-order chi connectivity index (χ0) is 20.5. The lowest BCUT2D eigenvalue weighted by molar-refractivity contribution is -0.136. The summed E-state index contributed by atoms with van der Waals surface area (Å²) in [6.45, 7) is 3.17. The number of amides is 2. The van der Waals surface area contributed by atoms with Gasteiger partial charge in [0.05, 0.1) is 23.1 Å². The lowest BCUT2D eigenvalue weighted by Gasteiger charge is -2.15. The van der Waals surface area contributed by atoms with Gasteiger partial charge in [-0.25, -0.2) is 0 Å². The summed E-state index contributed by atoms with van der Waals surface area (Å²) in [6.07, 6.45) is -3.48. The average Bonchev–Trinajstić information content (AvgIpc) is 3.25. The summed E-state index contributed by atoms with van der Waals surface area (Å²) >= 11 is 0. The Balaban J connectivity index is 1.88. The molecule has 2 N–H and O–H groups in total. The fourth-order valence-corrected chi connectivity index (χ4v) is 2.61. The van der Waals surface area contributed by atoms with Crippen LogP contribution < -0.4 is 10.6 Å². The molecule has 0 bridgehead atoms. The number of hydrogen-bond acceptors (Lipinski definition) is 4. The second-order valence-electron chi connectivity index (χ2n) is 5.97. The summed E-state index contributed by atoms with van der Waals surface area (Å²) in [5.74, 6) is -0.705. The van der Waals surface area contributed by atoms with Crippen LogP contribution in [0.3, 0.4) is 0 Å². The molecule has 2 amide bonds. The van der Waals surface area contributed by atoms with Crippen LogP contribution in [-0.2, 0) is 6.18 Å². The molecule has 0 aliphatic heterocycles. The Morgan fingerprint density at radius 2 is 1.75 bits per heavy atom. The maximum absolute atomic E-state index is 13.5. The number of anilines is 2. The molecule has 0 atom stereocenters. The van der Waals surface area contributed by atoms with Crippen LogP contribution in [0.5, 0.6) is 0 Å². The number of furan rings is 2. The highest BCUT2D eigenvalue weighted by molar-refractivity contribution is 6.06. The molecule has 3 rings (SSSR count). The van der Waals surface area contributed by atoms with Crippen LogP contribution in [0.2, 0.25) is 0 Å². The summed E-state index contributed by atoms with van der Waals surface area (Å²) < 4.78 is 50.6. The van der Waals surface area contributed by atoms with Crippen LogP contribution in [0.4, 0.5) is 24.5 Å². The van der Waals surface area contributed by atoms with Crippen molar-refractivity contribution in [3.05, 3.63) is 71.1 Å². The first-order chi connectivity index (χ1) is 13.1. The molecule has 28 heavy (non-hydrogen) atoms. The lowest BCUT2D eigenvalue weighted by Crippen LogP contribution is -2.18. The number of alkyl halides is 3. The van der Waals surface area contributed by atoms with Gasteiger partial charge < -0.3 is 19.5 Å². The van der Waals surface area contributed by atoms with Crippen molar-refractivity contribution in [2.45, 2.75) is 20.0 Å². The van der Waals surface area contributed by atoms with E-state index in [1.807, 2.05) is 0 Å². The fourth-order valence-electron chi connectivity index (χ4n) is 2.61. The van der Waals surface area contributed by atoms with Crippen molar-refractivity contribution in [1.82, 2.24) is 0 Å². The first-order valence-corrected chi connectivity index (χ1v) is 8.09. The van der Waals surface area contributed by atoms with Crippen molar-refractivity contribution in [3.63, 3.8) is 0 Å². The monoisotopic (exact) mass is 392 g/mol. The van der Waals surface area contributed by atoms with Gasteiger partial charge in [-0.15, -0.1) is 0 Å². The minimum absolute atomic E-state index is 0.0447. The second-order valence-corrected chi connectivity index (χ2v) is 5.97. The van der Waals surface area contributed by atoms with Crippen molar-refractivity contribution in [2.24, 2.45) is 0 Å². The lowest BCUT2D eigenvalue weighted by atomic mass is 10.1. The highest BCUT2D eigenvalue weighted by Crippen LogP contribution is 2.37. The van der Waals surface area contributed by atoms with E-state index >= 15 is 0 Å². The summed E-state index contributed by atoms with van der Waals surface area (Å²) in [5, 5.41) is 4.57. The summed E-state index contributed by atoms with van der Waals surface area (Å²) in [5.41, 5.74) is -1.49. The Morgan fingerprint density at radius 3 is 2.32 bits per heavy atom. The number of halogens is 3. The Hall–Kier alpha value is -3.49. The predicted molar refractivity (Wildman–Crippen MR) is 94.2 cm³/mol. The molecule has 3 aromatic rings. The van der Waals surface area contributed by atoms with E-state index in [1.54, 1.807) is 13.8 Å². The number of rotatable bonds is 4. The summed E-state index contributed by atoms with van der Waals surface area (Å²) in [7, 11) is 0. The molecular formula is C19H15F3N2O4. The molecule has 1 aromatic carbocycles. The maximum atomic E-state index is 13.5. The van der Waals surface area contributed by atoms with Gasteiger partial charge >= 0.3 is 6.18 Å². The van der Waals surface area contributed by atoms with Crippen LogP contribution in [0.15, 0.2) is 51.5 Å². The van der Waals surface area contributed by atoms with Crippen molar-refractivity contribution in [1.29, 1.82) is 0 Å². The van der Waals surface area contributed by atoms with Gasteiger partial charge in [-0.05, 0) is 50.2 Å². The van der Waals surface area contributed by atoms with Gasteiger partial charge in [0.2, 0.25) is 0 Å². The van der Waals surface area contributed by atoms with E-state index < -0.39 is 29.2 Å². The van der Waals surface area contributed by atoms with E-state index in [0.717, 1.165) is 12.1 Å². The van der Waals surface area contributed by atoms with Crippen LogP contribution in [0, 0.1) is 13.8 Å². The number of carbonyl (C=O) groups excluding carboxylic acids is 2. The smallest absolute Gasteiger partial charge is 0.418 e. The Labute approximate surface area is 157 Å². The normalized spacial score (nSPS) is 11.3. The molecule has 6 nitrogen and oxygen atoms in total. The molecule has 146 valence electrons. The summed E-state index contributed by atoms with van der Waals surface area (Å²) in [4.78, 5) is 24.3. The molecule has 0 spiro atoms. The summed E-state index contributed by atoms with van der Waals surface area (Å²) in [6, 6.07) is 7.36. The number of carbonyl (C=O) groups is 2. The molecule has 0 radical (unpaired) electrons. The fraction of sp³-hybridized carbons (Fsp3) is 0.158. The van der Waals surface area contributed by atoms with E-state index in [4.69, 9.17) is 8.83 Å². The van der Waals surface area contributed by atoms with Crippen molar-refractivity contribution < 1.29 is 31.6 Å². The minimum atomic E-state index is -4.75. The van der Waals surface area contributed by atoms with Gasteiger partial charge in [-0.1, -0.05) is 0 Å². The zero-order valence-corrected chi connectivity index (χ0v) is 14.8. The molecule has 0 fully saturated rings. The van der Waals surface area contributed by atoms with Crippen LogP contribution in [-0.4, -0.2) is 11.8 Å². The third-order valence-electron chi connectivity index (χ3n) is 3.86. The maximum Gasteiger partial charge on any atom is 0.418 e. The third kappa shape index (κ3) is 4.08.